The molecule has 0 unspecified atom stereocenters. The fraction of sp³-hybridized carbons (Fsp3) is 0.364. The number of methoxy groups -OCH3 is 1. The molecule has 0 aromatic heterocycles. The van der Waals surface area contributed by atoms with Gasteiger partial charge < -0.3 is 19.3 Å². The highest BCUT2D eigenvalue weighted by atomic mass is 16.6. The number of benzene rings is 1. The highest BCUT2D eigenvalue weighted by Crippen LogP contribution is 2.29. The third kappa shape index (κ3) is 2.09. The second kappa shape index (κ2) is 4.40. The third-order valence-corrected chi connectivity index (χ3v) is 2.28. The van der Waals surface area contributed by atoms with Crippen molar-refractivity contribution < 1.29 is 24.1 Å². The van der Waals surface area contributed by atoms with Gasteiger partial charge >= 0.3 is 5.97 Å². The molecule has 0 spiro atoms. The van der Waals surface area contributed by atoms with E-state index in [2.05, 4.69) is 4.74 Å². The topological polar surface area (TPSA) is 65.0 Å². The van der Waals surface area contributed by atoms with Gasteiger partial charge in [0, 0.05) is 0 Å². The number of carbonyl (C=O) groups excluding carboxylic acids is 1. The van der Waals surface area contributed by atoms with E-state index in [9.17, 15) is 9.90 Å². The Bertz CT molecular complexity index is 397. The zero-order chi connectivity index (χ0) is 11.5. The molecule has 0 aliphatic carbocycles. The monoisotopic (exact) mass is 224 g/mol. The molecule has 1 N–H and O–H groups in total. The number of phenols is 1. The number of hydrogen-bond acceptors (Lipinski definition) is 5. The minimum atomic E-state index is -0.492. The summed E-state index contributed by atoms with van der Waals surface area (Å²) in [6.07, 6.45) is -0.0186. The lowest BCUT2D eigenvalue weighted by Gasteiger charge is -2.26. The maximum Gasteiger partial charge on any atom is 0.337 e. The van der Waals surface area contributed by atoms with Gasteiger partial charge in [-0.3, -0.25) is 0 Å². The van der Waals surface area contributed by atoms with Crippen LogP contribution in [0.25, 0.3) is 0 Å². The molecule has 1 fully saturated rings. The van der Waals surface area contributed by atoms with Crippen LogP contribution in [0.3, 0.4) is 0 Å². The van der Waals surface area contributed by atoms with Gasteiger partial charge in [-0.2, -0.15) is 0 Å². The summed E-state index contributed by atoms with van der Waals surface area (Å²) in [5, 5.41) is 9.63. The number of carbonyl (C=O) groups is 1. The molecule has 16 heavy (non-hydrogen) atoms. The molecule has 1 aromatic carbocycles. The summed E-state index contributed by atoms with van der Waals surface area (Å²) < 4.78 is 14.9. The van der Waals surface area contributed by atoms with Gasteiger partial charge in [-0.1, -0.05) is 0 Å². The Hall–Kier alpha value is -1.75. The van der Waals surface area contributed by atoms with Gasteiger partial charge in [-0.15, -0.1) is 0 Å². The zero-order valence-corrected chi connectivity index (χ0v) is 8.80. The van der Waals surface area contributed by atoms with Crippen molar-refractivity contribution in [3.8, 4) is 11.5 Å². The molecule has 1 aliphatic rings. The quantitative estimate of drug-likeness (QED) is 0.774. The molecule has 0 amide bonds. The van der Waals surface area contributed by atoms with E-state index >= 15 is 0 Å². The summed E-state index contributed by atoms with van der Waals surface area (Å²) in [4.78, 5) is 11.2. The number of aromatic hydroxyl groups is 1. The van der Waals surface area contributed by atoms with E-state index in [1.807, 2.05) is 0 Å². The highest BCUT2D eigenvalue weighted by Gasteiger charge is 2.21. The molecule has 0 bridgehead atoms. The van der Waals surface area contributed by atoms with Crippen LogP contribution in [0.4, 0.5) is 0 Å². The minimum Gasteiger partial charge on any atom is -0.504 e. The van der Waals surface area contributed by atoms with Crippen LogP contribution >= 0.6 is 0 Å². The van der Waals surface area contributed by atoms with Crippen molar-refractivity contribution in [2.24, 2.45) is 0 Å². The van der Waals surface area contributed by atoms with Gasteiger partial charge in [0.15, 0.2) is 11.5 Å². The summed E-state index contributed by atoms with van der Waals surface area (Å²) in [7, 11) is 1.29. The van der Waals surface area contributed by atoms with Crippen molar-refractivity contribution in [1.29, 1.82) is 0 Å². The highest BCUT2D eigenvalue weighted by molar-refractivity contribution is 5.90. The summed E-state index contributed by atoms with van der Waals surface area (Å²) in [6, 6.07) is 4.40. The molecule has 1 aliphatic heterocycles. The van der Waals surface area contributed by atoms with Crippen LogP contribution in [0.2, 0.25) is 0 Å². The van der Waals surface area contributed by atoms with Gasteiger partial charge in [0.25, 0.3) is 0 Å². The van der Waals surface area contributed by atoms with E-state index in [1.54, 1.807) is 12.1 Å². The molecule has 1 saturated heterocycles. The van der Waals surface area contributed by atoms with Gasteiger partial charge in [0.2, 0.25) is 0 Å². The van der Waals surface area contributed by atoms with E-state index in [1.165, 1.54) is 13.2 Å². The molecule has 86 valence electrons. The SMILES string of the molecule is COC(=O)c1ccc(OC2COC2)c(O)c1. The van der Waals surface area contributed by atoms with Crippen LogP contribution in [-0.4, -0.2) is 37.5 Å². The molecule has 1 heterocycles. The Balaban J connectivity index is 2.12. The fourth-order valence-corrected chi connectivity index (χ4v) is 1.32. The van der Waals surface area contributed by atoms with E-state index < -0.39 is 5.97 Å². The Kier molecular flexibility index (Phi) is 2.96. The van der Waals surface area contributed by atoms with Crippen LogP contribution in [0.5, 0.6) is 11.5 Å². The standard InChI is InChI=1S/C11H12O5/c1-14-11(13)7-2-3-10(9(12)4-7)16-8-5-15-6-8/h2-4,8,12H,5-6H2,1H3. The van der Waals surface area contributed by atoms with Crippen LogP contribution < -0.4 is 4.74 Å². The normalized spacial score (nSPS) is 15.3. The first-order valence-electron chi connectivity index (χ1n) is 4.86. The Morgan fingerprint density at radius 3 is 2.75 bits per heavy atom. The average Bonchev–Trinajstić information content (AvgIpc) is 2.23. The van der Waals surface area contributed by atoms with Gasteiger partial charge in [-0.05, 0) is 18.2 Å². The van der Waals surface area contributed by atoms with E-state index in [-0.39, 0.29) is 17.4 Å². The first-order valence-corrected chi connectivity index (χ1v) is 4.86. The maximum atomic E-state index is 11.2. The van der Waals surface area contributed by atoms with Crippen molar-refractivity contribution in [2.45, 2.75) is 6.10 Å². The minimum absolute atomic E-state index is 0.0186. The predicted octanol–water partition coefficient (Wildman–Crippen LogP) is 0.956. The zero-order valence-electron chi connectivity index (χ0n) is 8.80. The molecular weight excluding hydrogens is 212 g/mol. The Labute approximate surface area is 92.5 Å². The van der Waals surface area contributed by atoms with Crippen molar-refractivity contribution in [3.63, 3.8) is 0 Å². The molecule has 0 saturated carbocycles. The molecule has 1 aromatic rings. The van der Waals surface area contributed by atoms with Crippen molar-refractivity contribution in [1.82, 2.24) is 0 Å². The number of ether oxygens (including phenoxy) is 3. The van der Waals surface area contributed by atoms with E-state index in [0.717, 1.165) is 0 Å². The lowest BCUT2D eigenvalue weighted by atomic mass is 10.2. The third-order valence-electron chi connectivity index (χ3n) is 2.28. The molecule has 5 nitrogen and oxygen atoms in total. The van der Waals surface area contributed by atoms with Crippen LogP contribution in [0.1, 0.15) is 10.4 Å². The first-order chi connectivity index (χ1) is 7.70. The number of phenolic OH excluding ortho intramolecular Hbond substituents is 1. The average molecular weight is 224 g/mol. The largest absolute Gasteiger partial charge is 0.504 e. The summed E-state index contributed by atoms with van der Waals surface area (Å²) >= 11 is 0. The smallest absolute Gasteiger partial charge is 0.337 e. The van der Waals surface area contributed by atoms with Gasteiger partial charge in [0.05, 0.1) is 25.9 Å². The Morgan fingerprint density at radius 2 is 2.25 bits per heavy atom. The number of hydrogen-bond donors (Lipinski definition) is 1. The molecule has 2 rings (SSSR count). The molecular formula is C11H12O5. The predicted molar refractivity (Wildman–Crippen MR) is 54.7 cm³/mol. The molecule has 0 radical (unpaired) electrons. The second-order valence-electron chi connectivity index (χ2n) is 3.45. The first kappa shape index (κ1) is 10.8. The molecule has 0 atom stereocenters. The van der Waals surface area contributed by atoms with Crippen LogP contribution in [0, 0.1) is 0 Å². The van der Waals surface area contributed by atoms with Crippen molar-refractivity contribution in [2.75, 3.05) is 20.3 Å². The van der Waals surface area contributed by atoms with Crippen molar-refractivity contribution >= 4 is 5.97 Å². The van der Waals surface area contributed by atoms with E-state index in [0.29, 0.717) is 19.0 Å². The summed E-state index contributed by atoms with van der Waals surface area (Å²) in [5.74, 6) is -0.218. The van der Waals surface area contributed by atoms with Gasteiger partial charge in [0.1, 0.15) is 6.10 Å². The summed E-state index contributed by atoms with van der Waals surface area (Å²) in [5.41, 5.74) is 0.289. The molecule has 5 heteroatoms. The van der Waals surface area contributed by atoms with Gasteiger partial charge in [-0.25, -0.2) is 4.79 Å². The fourth-order valence-electron chi connectivity index (χ4n) is 1.32. The second-order valence-corrected chi connectivity index (χ2v) is 3.45. The van der Waals surface area contributed by atoms with Crippen molar-refractivity contribution in [3.05, 3.63) is 23.8 Å². The number of esters is 1. The lowest BCUT2D eigenvalue weighted by Crippen LogP contribution is -2.38. The Morgan fingerprint density at radius 1 is 1.50 bits per heavy atom. The van der Waals surface area contributed by atoms with E-state index in [4.69, 9.17) is 9.47 Å². The van der Waals surface area contributed by atoms with Crippen LogP contribution in [-0.2, 0) is 9.47 Å². The maximum absolute atomic E-state index is 11.2. The lowest BCUT2D eigenvalue weighted by molar-refractivity contribution is -0.0803. The van der Waals surface area contributed by atoms with Crippen LogP contribution in [0.15, 0.2) is 18.2 Å². The summed E-state index contributed by atoms with van der Waals surface area (Å²) in [6.45, 7) is 1.05. The number of rotatable bonds is 3.